The maximum absolute atomic E-state index is 12.7. The van der Waals surface area contributed by atoms with Crippen LogP contribution in [0.2, 0.25) is 5.02 Å². The van der Waals surface area contributed by atoms with Gasteiger partial charge in [-0.05, 0) is 43.4 Å². The minimum Gasteiger partial charge on any atom is -0.351 e. The minimum atomic E-state index is -0.0748. The molecule has 1 aliphatic heterocycles. The number of benzene rings is 2. The van der Waals surface area contributed by atoms with E-state index in [1.165, 1.54) is 11.3 Å². The predicted octanol–water partition coefficient (Wildman–Crippen LogP) is 3.56. The Morgan fingerprint density at radius 3 is 2.70 bits per heavy atom. The SMILES string of the molecule is CN1CCN(CCNC(=O)c2ccc3c(c2)nc(Nc2nc4ccc(Cl)cc4s2)n3C)CC1. The molecular weight excluding hydrogens is 458 g/mol. The van der Waals surface area contributed by atoms with Crippen molar-refractivity contribution >= 4 is 61.2 Å². The Morgan fingerprint density at radius 2 is 1.88 bits per heavy atom. The van der Waals surface area contributed by atoms with Crippen LogP contribution in [-0.2, 0) is 7.05 Å². The van der Waals surface area contributed by atoms with Gasteiger partial charge < -0.3 is 20.1 Å². The Morgan fingerprint density at radius 1 is 1.06 bits per heavy atom. The summed E-state index contributed by atoms with van der Waals surface area (Å²) in [6.45, 7) is 5.74. The highest BCUT2D eigenvalue weighted by Gasteiger charge is 2.15. The van der Waals surface area contributed by atoms with E-state index in [4.69, 9.17) is 16.6 Å². The molecule has 4 aromatic rings. The number of nitrogens with one attached hydrogen (secondary N) is 2. The van der Waals surface area contributed by atoms with Gasteiger partial charge in [0.1, 0.15) is 0 Å². The molecule has 0 unspecified atom stereocenters. The van der Waals surface area contributed by atoms with Gasteiger partial charge in [-0.2, -0.15) is 0 Å². The first-order valence-electron chi connectivity index (χ1n) is 10.9. The molecule has 0 radical (unpaired) electrons. The summed E-state index contributed by atoms with van der Waals surface area (Å²) in [7, 11) is 4.08. The number of hydrogen-bond acceptors (Lipinski definition) is 7. The first kappa shape index (κ1) is 22.1. The van der Waals surface area contributed by atoms with Crippen LogP contribution in [0.25, 0.3) is 21.3 Å². The molecule has 2 aromatic heterocycles. The molecule has 0 spiro atoms. The maximum atomic E-state index is 12.7. The van der Waals surface area contributed by atoms with Gasteiger partial charge in [-0.1, -0.05) is 22.9 Å². The number of anilines is 2. The molecule has 5 rings (SSSR count). The van der Waals surface area contributed by atoms with Gasteiger partial charge in [0.05, 0.1) is 21.3 Å². The van der Waals surface area contributed by atoms with Crippen LogP contribution in [0.15, 0.2) is 36.4 Å². The van der Waals surface area contributed by atoms with Crippen LogP contribution in [0, 0.1) is 0 Å². The van der Waals surface area contributed by atoms with Crippen molar-refractivity contribution in [2.45, 2.75) is 0 Å². The average molecular weight is 484 g/mol. The summed E-state index contributed by atoms with van der Waals surface area (Å²) in [5.41, 5.74) is 3.20. The molecule has 0 saturated carbocycles. The number of thiazole rings is 1. The Bertz CT molecular complexity index is 1310. The number of halogens is 1. The molecule has 1 amide bonds. The van der Waals surface area contributed by atoms with Crippen LogP contribution in [0.5, 0.6) is 0 Å². The fourth-order valence-electron chi connectivity index (χ4n) is 4.00. The smallest absolute Gasteiger partial charge is 0.251 e. The first-order valence-corrected chi connectivity index (χ1v) is 12.1. The van der Waals surface area contributed by atoms with Gasteiger partial charge in [0.2, 0.25) is 5.95 Å². The van der Waals surface area contributed by atoms with Crippen molar-refractivity contribution in [1.82, 2.24) is 29.7 Å². The quantitative estimate of drug-likeness (QED) is 0.436. The van der Waals surface area contributed by atoms with Gasteiger partial charge in [0.15, 0.2) is 5.13 Å². The Kier molecular flexibility index (Phi) is 6.20. The number of imidazole rings is 1. The predicted molar refractivity (Wildman–Crippen MR) is 135 cm³/mol. The molecule has 3 heterocycles. The summed E-state index contributed by atoms with van der Waals surface area (Å²) in [6, 6.07) is 11.3. The highest BCUT2D eigenvalue weighted by Crippen LogP contribution is 2.31. The lowest BCUT2D eigenvalue weighted by Crippen LogP contribution is -2.46. The summed E-state index contributed by atoms with van der Waals surface area (Å²) in [6.07, 6.45) is 0. The molecule has 2 aromatic carbocycles. The third-order valence-electron chi connectivity index (χ3n) is 6.02. The lowest BCUT2D eigenvalue weighted by atomic mass is 10.2. The Labute approximate surface area is 201 Å². The third kappa shape index (κ3) is 4.81. The molecule has 1 fully saturated rings. The van der Waals surface area contributed by atoms with E-state index in [-0.39, 0.29) is 5.91 Å². The first-order chi connectivity index (χ1) is 16.0. The monoisotopic (exact) mass is 483 g/mol. The Hall–Kier alpha value is -2.72. The molecule has 0 atom stereocenters. The fourth-order valence-corrected chi connectivity index (χ4v) is 5.14. The van der Waals surface area contributed by atoms with Crippen molar-refractivity contribution in [3.05, 3.63) is 47.0 Å². The zero-order valence-corrected chi connectivity index (χ0v) is 20.2. The number of aryl methyl sites for hydroxylation is 1. The molecule has 2 N–H and O–H groups in total. The number of nitrogens with zero attached hydrogens (tertiary/aromatic N) is 5. The van der Waals surface area contributed by atoms with Crippen LogP contribution in [0.1, 0.15) is 10.4 Å². The fraction of sp³-hybridized carbons (Fsp3) is 0.348. The normalized spacial score (nSPS) is 15.4. The molecule has 33 heavy (non-hydrogen) atoms. The summed E-state index contributed by atoms with van der Waals surface area (Å²) in [4.78, 5) is 26.7. The highest BCUT2D eigenvalue weighted by molar-refractivity contribution is 7.22. The zero-order chi connectivity index (χ0) is 22.9. The van der Waals surface area contributed by atoms with Crippen LogP contribution in [0.3, 0.4) is 0 Å². The zero-order valence-electron chi connectivity index (χ0n) is 18.6. The number of fused-ring (bicyclic) bond motifs is 2. The molecule has 8 nitrogen and oxygen atoms in total. The number of amides is 1. The highest BCUT2D eigenvalue weighted by atomic mass is 35.5. The molecule has 172 valence electrons. The van der Waals surface area contributed by atoms with Crippen molar-refractivity contribution in [3.63, 3.8) is 0 Å². The van der Waals surface area contributed by atoms with Crippen LogP contribution < -0.4 is 10.6 Å². The van der Waals surface area contributed by atoms with Crippen LogP contribution in [0.4, 0.5) is 11.1 Å². The van der Waals surface area contributed by atoms with Crippen molar-refractivity contribution in [2.75, 3.05) is 51.6 Å². The standard InChI is InChI=1S/C23H26ClN7OS/c1-29-9-11-31(12-10-29)8-7-25-21(32)15-3-6-19-18(13-15)26-22(30(19)2)28-23-27-17-5-4-16(24)14-20(17)33-23/h3-6,13-14H,7-12H2,1-2H3,(H,25,32)(H,26,27,28). The van der Waals surface area contributed by atoms with Crippen molar-refractivity contribution in [2.24, 2.45) is 7.05 Å². The van der Waals surface area contributed by atoms with Crippen LogP contribution >= 0.6 is 22.9 Å². The molecule has 10 heteroatoms. The van der Waals surface area contributed by atoms with E-state index in [9.17, 15) is 4.79 Å². The minimum absolute atomic E-state index is 0.0748. The maximum Gasteiger partial charge on any atom is 0.251 e. The Balaban J connectivity index is 1.26. The van der Waals surface area contributed by atoms with E-state index in [1.54, 1.807) is 0 Å². The number of hydrogen-bond donors (Lipinski definition) is 2. The van der Waals surface area contributed by atoms with Gasteiger partial charge >= 0.3 is 0 Å². The van der Waals surface area contributed by atoms with Crippen molar-refractivity contribution in [1.29, 1.82) is 0 Å². The van der Waals surface area contributed by atoms with E-state index in [2.05, 4.69) is 32.5 Å². The van der Waals surface area contributed by atoms with Gasteiger partial charge in [-0.15, -0.1) is 0 Å². The largest absolute Gasteiger partial charge is 0.351 e. The number of aromatic nitrogens is 3. The van der Waals surface area contributed by atoms with Crippen molar-refractivity contribution in [3.8, 4) is 0 Å². The average Bonchev–Trinajstić information content (AvgIpc) is 3.34. The molecule has 1 aliphatic rings. The second-order valence-electron chi connectivity index (χ2n) is 8.35. The van der Waals surface area contributed by atoms with E-state index in [1.807, 2.05) is 48.0 Å². The summed E-state index contributed by atoms with van der Waals surface area (Å²) in [5.74, 6) is 0.594. The second kappa shape index (κ2) is 9.26. The number of carbonyl (C=O) groups is 1. The van der Waals surface area contributed by atoms with Gasteiger partial charge in [-0.3, -0.25) is 9.69 Å². The van der Waals surface area contributed by atoms with Gasteiger partial charge in [-0.25, -0.2) is 9.97 Å². The number of carbonyl (C=O) groups excluding carboxylic acids is 1. The van der Waals surface area contributed by atoms with Crippen LogP contribution in [-0.4, -0.2) is 76.6 Å². The third-order valence-corrected chi connectivity index (χ3v) is 7.19. The molecule has 1 saturated heterocycles. The lowest BCUT2D eigenvalue weighted by Gasteiger charge is -2.32. The number of piperazine rings is 1. The summed E-state index contributed by atoms with van der Waals surface area (Å²) < 4.78 is 2.97. The van der Waals surface area contributed by atoms with E-state index >= 15 is 0 Å². The van der Waals surface area contributed by atoms with E-state index in [0.29, 0.717) is 23.1 Å². The molecule has 0 aliphatic carbocycles. The molecular formula is C23H26ClN7OS. The van der Waals surface area contributed by atoms with Gasteiger partial charge in [0, 0.05) is 56.9 Å². The number of rotatable bonds is 6. The topological polar surface area (TPSA) is 78.3 Å². The van der Waals surface area contributed by atoms with Gasteiger partial charge in [0.25, 0.3) is 5.91 Å². The van der Waals surface area contributed by atoms with E-state index in [0.717, 1.165) is 59.1 Å². The number of likely N-dealkylation sites (N-methyl/N-ethyl adjacent to an activating group) is 1. The van der Waals surface area contributed by atoms with E-state index < -0.39 is 0 Å². The van der Waals surface area contributed by atoms with Crippen molar-refractivity contribution < 1.29 is 4.79 Å². The summed E-state index contributed by atoms with van der Waals surface area (Å²) >= 11 is 7.61. The molecule has 0 bridgehead atoms. The lowest BCUT2D eigenvalue weighted by molar-refractivity contribution is 0.0941. The second-order valence-corrected chi connectivity index (χ2v) is 9.82. The summed E-state index contributed by atoms with van der Waals surface area (Å²) in [5, 5.41) is 7.77.